The molecule has 0 bridgehead atoms. The fourth-order valence-corrected chi connectivity index (χ4v) is 2.87. The first-order valence-electron chi connectivity index (χ1n) is 7.73. The molecule has 0 amide bonds. The van der Waals surface area contributed by atoms with Gasteiger partial charge in [0.05, 0.1) is 6.10 Å². The second kappa shape index (κ2) is 6.46. The zero-order chi connectivity index (χ0) is 14.7. The van der Waals surface area contributed by atoms with Crippen molar-refractivity contribution in [3.05, 3.63) is 42.0 Å². The standard InChI is InChI=1S/C18H23NO2/c1-13(19-2)16-10-9-14-6-3-4-8-17(14)18(16)21-12-15-7-5-11-20-15/h3-4,6,8-10,13,15,19H,5,7,11-12H2,1-2H3. The zero-order valence-corrected chi connectivity index (χ0v) is 12.8. The van der Waals surface area contributed by atoms with Gasteiger partial charge in [0.1, 0.15) is 12.4 Å². The Bertz CT molecular complexity index is 605. The normalized spacial score (nSPS) is 19.8. The molecule has 2 aromatic rings. The zero-order valence-electron chi connectivity index (χ0n) is 12.8. The van der Waals surface area contributed by atoms with Crippen LogP contribution in [0.4, 0.5) is 0 Å². The summed E-state index contributed by atoms with van der Waals surface area (Å²) in [5, 5.41) is 5.69. The fourth-order valence-electron chi connectivity index (χ4n) is 2.87. The molecule has 1 heterocycles. The van der Waals surface area contributed by atoms with Crippen LogP contribution in [0.3, 0.4) is 0 Å². The van der Waals surface area contributed by atoms with Gasteiger partial charge in [0.25, 0.3) is 0 Å². The van der Waals surface area contributed by atoms with E-state index in [1.807, 2.05) is 7.05 Å². The van der Waals surface area contributed by atoms with Crippen molar-refractivity contribution in [1.82, 2.24) is 5.32 Å². The van der Waals surface area contributed by atoms with E-state index in [-0.39, 0.29) is 12.1 Å². The maximum atomic E-state index is 6.19. The third-order valence-electron chi connectivity index (χ3n) is 4.25. The molecule has 1 saturated heterocycles. The van der Waals surface area contributed by atoms with E-state index in [1.54, 1.807) is 0 Å². The van der Waals surface area contributed by atoms with Gasteiger partial charge < -0.3 is 14.8 Å². The molecule has 0 saturated carbocycles. The van der Waals surface area contributed by atoms with E-state index in [0.717, 1.165) is 25.2 Å². The smallest absolute Gasteiger partial charge is 0.132 e. The second-order valence-corrected chi connectivity index (χ2v) is 5.66. The molecule has 2 unspecified atom stereocenters. The summed E-state index contributed by atoms with van der Waals surface area (Å²) < 4.78 is 11.9. The number of hydrogen-bond donors (Lipinski definition) is 1. The Kier molecular flexibility index (Phi) is 4.42. The van der Waals surface area contributed by atoms with Gasteiger partial charge in [-0.25, -0.2) is 0 Å². The maximum Gasteiger partial charge on any atom is 0.132 e. The molecule has 3 heteroatoms. The van der Waals surface area contributed by atoms with E-state index in [4.69, 9.17) is 9.47 Å². The van der Waals surface area contributed by atoms with Crippen LogP contribution in [0.25, 0.3) is 10.8 Å². The highest BCUT2D eigenvalue weighted by molar-refractivity contribution is 5.89. The summed E-state index contributed by atoms with van der Waals surface area (Å²) in [5.74, 6) is 0.991. The van der Waals surface area contributed by atoms with Gasteiger partial charge in [0.15, 0.2) is 0 Å². The van der Waals surface area contributed by atoms with Gasteiger partial charge in [-0.15, -0.1) is 0 Å². The Balaban J connectivity index is 1.94. The third-order valence-corrected chi connectivity index (χ3v) is 4.25. The van der Waals surface area contributed by atoms with Crippen LogP contribution in [-0.2, 0) is 4.74 Å². The van der Waals surface area contributed by atoms with Crippen LogP contribution in [0.15, 0.2) is 36.4 Å². The molecular formula is C18H23NO2. The molecule has 1 aliphatic rings. The summed E-state index contributed by atoms with van der Waals surface area (Å²) in [6.07, 6.45) is 2.48. The van der Waals surface area contributed by atoms with Crippen LogP contribution in [-0.4, -0.2) is 26.4 Å². The molecule has 0 radical (unpaired) electrons. The van der Waals surface area contributed by atoms with Crippen molar-refractivity contribution in [1.29, 1.82) is 0 Å². The Morgan fingerprint density at radius 1 is 1.29 bits per heavy atom. The molecule has 1 fully saturated rings. The van der Waals surface area contributed by atoms with Gasteiger partial charge in [0, 0.05) is 23.6 Å². The Hall–Kier alpha value is -1.58. The monoisotopic (exact) mass is 285 g/mol. The minimum atomic E-state index is 0.238. The van der Waals surface area contributed by atoms with Crippen molar-refractivity contribution in [3.8, 4) is 5.75 Å². The molecule has 0 aliphatic carbocycles. The molecule has 0 spiro atoms. The first kappa shape index (κ1) is 14.4. The lowest BCUT2D eigenvalue weighted by Gasteiger charge is -2.20. The number of rotatable bonds is 5. The van der Waals surface area contributed by atoms with Gasteiger partial charge >= 0.3 is 0 Å². The summed E-state index contributed by atoms with van der Waals surface area (Å²) in [5.41, 5.74) is 1.20. The third kappa shape index (κ3) is 3.04. The molecule has 1 N–H and O–H groups in total. The van der Waals surface area contributed by atoms with E-state index in [0.29, 0.717) is 6.61 Å². The molecule has 3 rings (SSSR count). The minimum Gasteiger partial charge on any atom is -0.490 e. The van der Waals surface area contributed by atoms with Crippen molar-refractivity contribution >= 4 is 10.8 Å². The average molecular weight is 285 g/mol. The summed E-state index contributed by atoms with van der Waals surface area (Å²) in [6, 6.07) is 13.0. The van der Waals surface area contributed by atoms with Crippen molar-refractivity contribution in [2.75, 3.05) is 20.3 Å². The summed E-state index contributed by atoms with van der Waals surface area (Å²) in [6.45, 7) is 3.66. The van der Waals surface area contributed by atoms with E-state index in [9.17, 15) is 0 Å². The fraction of sp³-hybridized carbons (Fsp3) is 0.444. The van der Waals surface area contributed by atoms with Gasteiger partial charge in [0.2, 0.25) is 0 Å². The van der Waals surface area contributed by atoms with Crippen LogP contribution in [0.5, 0.6) is 5.75 Å². The van der Waals surface area contributed by atoms with Crippen LogP contribution in [0.2, 0.25) is 0 Å². The van der Waals surface area contributed by atoms with E-state index < -0.39 is 0 Å². The molecular weight excluding hydrogens is 262 g/mol. The molecule has 3 nitrogen and oxygen atoms in total. The lowest BCUT2D eigenvalue weighted by Crippen LogP contribution is -2.19. The quantitative estimate of drug-likeness (QED) is 0.909. The predicted molar refractivity (Wildman–Crippen MR) is 85.9 cm³/mol. The highest BCUT2D eigenvalue weighted by atomic mass is 16.5. The first-order valence-corrected chi connectivity index (χ1v) is 7.73. The highest BCUT2D eigenvalue weighted by Gasteiger charge is 2.19. The van der Waals surface area contributed by atoms with E-state index >= 15 is 0 Å². The summed E-state index contributed by atoms with van der Waals surface area (Å²) in [7, 11) is 1.98. The lowest BCUT2D eigenvalue weighted by molar-refractivity contribution is 0.0680. The second-order valence-electron chi connectivity index (χ2n) is 5.66. The van der Waals surface area contributed by atoms with Gasteiger partial charge in [-0.3, -0.25) is 0 Å². The van der Waals surface area contributed by atoms with E-state index in [1.165, 1.54) is 16.3 Å². The highest BCUT2D eigenvalue weighted by Crippen LogP contribution is 2.34. The predicted octanol–water partition coefficient (Wildman–Crippen LogP) is 3.68. The number of benzene rings is 2. The maximum absolute atomic E-state index is 6.19. The van der Waals surface area contributed by atoms with Crippen LogP contribution >= 0.6 is 0 Å². The van der Waals surface area contributed by atoms with Crippen LogP contribution in [0, 0.1) is 0 Å². The Labute approximate surface area is 126 Å². The molecule has 112 valence electrons. The van der Waals surface area contributed by atoms with Crippen LogP contribution < -0.4 is 10.1 Å². The molecule has 2 aromatic carbocycles. The van der Waals surface area contributed by atoms with Crippen molar-refractivity contribution in [3.63, 3.8) is 0 Å². The van der Waals surface area contributed by atoms with Crippen molar-refractivity contribution < 1.29 is 9.47 Å². The number of ether oxygens (including phenoxy) is 2. The first-order chi connectivity index (χ1) is 10.3. The Morgan fingerprint density at radius 3 is 2.90 bits per heavy atom. The lowest BCUT2D eigenvalue weighted by atomic mass is 10.0. The van der Waals surface area contributed by atoms with Crippen LogP contribution in [0.1, 0.15) is 31.4 Å². The minimum absolute atomic E-state index is 0.238. The summed E-state index contributed by atoms with van der Waals surface area (Å²) in [4.78, 5) is 0. The van der Waals surface area contributed by atoms with Gasteiger partial charge in [-0.05, 0) is 32.2 Å². The van der Waals surface area contributed by atoms with Gasteiger partial charge in [-0.2, -0.15) is 0 Å². The molecule has 2 atom stereocenters. The topological polar surface area (TPSA) is 30.5 Å². The van der Waals surface area contributed by atoms with Crippen molar-refractivity contribution in [2.24, 2.45) is 0 Å². The van der Waals surface area contributed by atoms with Crippen molar-refractivity contribution in [2.45, 2.75) is 31.9 Å². The van der Waals surface area contributed by atoms with E-state index in [2.05, 4.69) is 48.6 Å². The summed E-state index contributed by atoms with van der Waals surface area (Å²) >= 11 is 0. The molecule has 21 heavy (non-hydrogen) atoms. The number of fused-ring (bicyclic) bond motifs is 1. The molecule has 1 aliphatic heterocycles. The molecule has 0 aromatic heterocycles. The Morgan fingerprint density at radius 2 is 2.14 bits per heavy atom. The average Bonchev–Trinajstić information content (AvgIpc) is 3.05. The number of nitrogens with one attached hydrogen (secondary N) is 1. The number of hydrogen-bond acceptors (Lipinski definition) is 3. The largest absolute Gasteiger partial charge is 0.490 e. The van der Waals surface area contributed by atoms with Gasteiger partial charge in [-0.1, -0.05) is 36.4 Å². The SMILES string of the molecule is CNC(C)c1ccc2ccccc2c1OCC1CCCO1.